The van der Waals surface area contributed by atoms with E-state index in [1.54, 1.807) is 43.3 Å². The molecule has 3 aromatic carbocycles. The average molecular weight is 582 g/mol. The van der Waals surface area contributed by atoms with Crippen molar-refractivity contribution in [2.75, 3.05) is 10.8 Å². The molecule has 4 rings (SSSR count). The molecule has 0 bridgehead atoms. The van der Waals surface area contributed by atoms with Crippen LogP contribution in [0.15, 0.2) is 83.8 Å². The fourth-order valence-electron chi connectivity index (χ4n) is 4.94. The smallest absolute Gasteiger partial charge is 0.264 e. The molecule has 0 radical (unpaired) electrons. The minimum Gasteiger partial charge on any atom is -0.352 e. The summed E-state index contributed by atoms with van der Waals surface area (Å²) in [6.45, 7) is 3.19. The number of anilines is 1. The SMILES string of the molecule is Cc1ccc(S(=O)(=O)N(CC(=O)N(Cc2ccccc2)C(C)C(=O)NC2CCCCC2)c2ccccc2Cl)cc1. The number of carbonyl (C=O) groups is 2. The first kappa shape index (κ1) is 29.6. The maximum absolute atomic E-state index is 14.0. The maximum Gasteiger partial charge on any atom is 0.264 e. The molecule has 0 aromatic heterocycles. The summed E-state index contributed by atoms with van der Waals surface area (Å²) in [7, 11) is -4.16. The standard InChI is InChI=1S/C31H36ClN3O4S/c1-23-17-19-27(20-18-23)40(38,39)35(29-16-10-9-15-28(29)32)22-30(36)34(21-25-11-5-3-6-12-25)24(2)31(37)33-26-13-7-4-8-14-26/h3,5-6,9-12,15-20,24,26H,4,7-8,13-14,21-22H2,1-2H3,(H,33,37). The van der Waals surface area contributed by atoms with Crippen molar-refractivity contribution in [3.05, 3.63) is 95.0 Å². The van der Waals surface area contributed by atoms with Gasteiger partial charge < -0.3 is 10.2 Å². The maximum atomic E-state index is 14.0. The molecule has 0 spiro atoms. The number of halogens is 1. The summed E-state index contributed by atoms with van der Waals surface area (Å²) in [5, 5.41) is 3.31. The topological polar surface area (TPSA) is 86.8 Å². The van der Waals surface area contributed by atoms with Crippen molar-refractivity contribution >= 4 is 39.1 Å². The number of hydrogen-bond acceptors (Lipinski definition) is 4. The molecule has 1 unspecified atom stereocenters. The lowest BCUT2D eigenvalue weighted by molar-refractivity contribution is -0.139. The molecule has 1 N–H and O–H groups in total. The molecule has 1 fully saturated rings. The minimum absolute atomic E-state index is 0.0449. The van der Waals surface area contributed by atoms with Crippen LogP contribution in [0.4, 0.5) is 5.69 Å². The van der Waals surface area contributed by atoms with E-state index in [0.717, 1.165) is 47.5 Å². The first-order valence-electron chi connectivity index (χ1n) is 13.6. The second-order valence-electron chi connectivity index (χ2n) is 10.3. The van der Waals surface area contributed by atoms with Crippen LogP contribution in [0.3, 0.4) is 0 Å². The molecular weight excluding hydrogens is 546 g/mol. The normalized spacial score (nSPS) is 14.8. The van der Waals surface area contributed by atoms with Crippen molar-refractivity contribution in [1.82, 2.24) is 10.2 Å². The molecule has 1 aliphatic carbocycles. The lowest BCUT2D eigenvalue weighted by Gasteiger charge is -2.33. The van der Waals surface area contributed by atoms with Crippen LogP contribution in [-0.2, 0) is 26.2 Å². The van der Waals surface area contributed by atoms with Crippen molar-refractivity contribution in [3.63, 3.8) is 0 Å². The lowest BCUT2D eigenvalue weighted by Crippen LogP contribution is -2.53. The highest BCUT2D eigenvalue weighted by Gasteiger charge is 2.33. The average Bonchev–Trinajstić information content (AvgIpc) is 2.96. The van der Waals surface area contributed by atoms with E-state index in [9.17, 15) is 18.0 Å². The second-order valence-corrected chi connectivity index (χ2v) is 12.6. The molecule has 9 heteroatoms. The minimum atomic E-state index is -4.16. The van der Waals surface area contributed by atoms with Crippen molar-refractivity contribution in [1.29, 1.82) is 0 Å². The Morgan fingerprint density at radius 3 is 2.20 bits per heavy atom. The Bertz CT molecular complexity index is 1410. The first-order chi connectivity index (χ1) is 19.2. The Balaban J connectivity index is 1.67. The van der Waals surface area contributed by atoms with Gasteiger partial charge in [-0.2, -0.15) is 0 Å². The van der Waals surface area contributed by atoms with Crippen LogP contribution >= 0.6 is 11.6 Å². The van der Waals surface area contributed by atoms with E-state index in [1.807, 2.05) is 37.3 Å². The summed E-state index contributed by atoms with van der Waals surface area (Å²) in [6.07, 6.45) is 5.12. The van der Waals surface area contributed by atoms with Crippen LogP contribution in [0.1, 0.15) is 50.2 Å². The van der Waals surface area contributed by atoms with E-state index in [0.29, 0.717) is 0 Å². The van der Waals surface area contributed by atoms with E-state index in [4.69, 9.17) is 11.6 Å². The van der Waals surface area contributed by atoms with Gasteiger partial charge in [-0.25, -0.2) is 8.42 Å². The number of nitrogens with zero attached hydrogens (tertiary/aromatic N) is 2. The highest BCUT2D eigenvalue weighted by molar-refractivity contribution is 7.92. The van der Waals surface area contributed by atoms with Gasteiger partial charge in [-0.15, -0.1) is 0 Å². The van der Waals surface area contributed by atoms with Gasteiger partial charge in [0.05, 0.1) is 15.6 Å². The number of para-hydroxylation sites is 1. The van der Waals surface area contributed by atoms with Crippen LogP contribution in [0.25, 0.3) is 0 Å². The highest BCUT2D eigenvalue weighted by Crippen LogP contribution is 2.31. The summed E-state index contributed by atoms with van der Waals surface area (Å²) in [5.41, 5.74) is 1.93. The number of nitrogens with one attached hydrogen (secondary N) is 1. The highest BCUT2D eigenvalue weighted by atomic mass is 35.5. The number of sulfonamides is 1. The van der Waals surface area contributed by atoms with E-state index >= 15 is 0 Å². The van der Waals surface area contributed by atoms with Crippen molar-refractivity contribution in [3.8, 4) is 0 Å². The molecule has 0 saturated heterocycles. The Labute approximate surface area is 242 Å². The fraction of sp³-hybridized carbons (Fsp3) is 0.355. The Kier molecular flexibility index (Phi) is 9.87. The van der Waals surface area contributed by atoms with Gasteiger partial charge in [-0.3, -0.25) is 13.9 Å². The zero-order valence-corrected chi connectivity index (χ0v) is 24.5. The summed E-state index contributed by atoms with van der Waals surface area (Å²) < 4.78 is 28.8. The third-order valence-corrected chi connectivity index (χ3v) is 9.42. The predicted octanol–water partition coefficient (Wildman–Crippen LogP) is 5.71. The van der Waals surface area contributed by atoms with E-state index in [1.165, 1.54) is 17.0 Å². The van der Waals surface area contributed by atoms with Gasteiger partial charge in [0.25, 0.3) is 10.0 Å². The molecule has 1 saturated carbocycles. The molecule has 3 aromatic rings. The lowest BCUT2D eigenvalue weighted by atomic mass is 9.95. The van der Waals surface area contributed by atoms with Crippen LogP contribution < -0.4 is 9.62 Å². The summed E-state index contributed by atoms with van der Waals surface area (Å²) in [5.74, 6) is -0.757. The van der Waals surface area contributed by atoms with Gasteiger partial charge in [-0.05, 0) is 56.5 Å². The molecule has 1 aliphatic rings. The zero-order valence-electron chi connectivity index (χ0n) is 22.9. The predicted molar refractivity (Wildman–Crippen MR) is 159 cm³/mol. The molecule has 1 atom stereocenters. The van der Waals surface area contributed by atoms with Crippen molar-refractivity contribution < 1.29 is 18.0 Å². The molecule has 0 aliphatic heterocycles. The second kappa shape index (κ2) is 13.3. The van der Waals surface area contributed by atoms with Crippen LogP contribution in [-0.4, -0.2) is 43.8 Å². The van der Waals surface area contributed by atoms with Gasteiger partial charge in [0.1, 0.15) is 12.6 Å². The number of hydrogen-bond donors (Lipinski definition) is 1. The molecule has 212 valence electrons. The van der Waals surface area contributed by atoms with Gasteiger partial charge in [0, 0.05) is 12.6 Å². The van der Waals surface area contributed by atoms with Crippen molar-refractivity contribution in [2.45, 2.75) is 69.5 Å². The Hall–Kier alpha value is -3.36. The Morgan fingerprint density at radius 2 is 1.55 bits per heavy atom. The quantitative estimate of drug-likeness (QED) is 0.332. The third-order valence-electron chi connectivity index (χ3n) is 7.32. The van der Waals surface area contributed by atoms with Gasteiger partial charge in [0.15, 0.2) is 0 Å². The molecule has 7 nitrogen and oxygen atoms in total. The summed E-state index contributed by atoms with van der Waals surface area (Å²) in [6, 6.07) is 21.6. The third kappa shape index (κ3) is 7.23. The number of amides is 2. The molecule has 2 amide bonds. The van der Waals surface area contributed by atoms with Gasteiger partial charge >= 0.3 is 0 Å². The van der Waals surface area contributed by atoms with Crippen LogP contribution in [0.2, 0.25) is 5.02 Å². The van der Waals surface area contributed by atoms with E-state index in [2.05, 4.69) is 5.32 Å². The first-order valence-corrected chi connectivity index (χ1v) is 15.5. The molecular formula is C31H36ClN3O4S. The van der Waals surface area contributed by atoms with E-state index < -0.39 is 28.5 Å². The monoisotopic (exact) mass is 581 g/mol. The Morgan fingerprint density at radius 1 is 0.925 bits per heavy atom. The van der Waals surface area contributed by atoms with Gasteiger partial charge in [0.2, 0.25) is 11.8 Å². The van der Waals surface area contributed by atoms with Crippen molar-refractivity contribution in [2.24, 2.45) is 0 Å². The molecule has 40 heavy (non-hydrogen) atoms. The van der Waals surface area contributed by atoms with E-state index in [-0.39, 0.29) is 34.1 Å². The van der Waals surface area contributed by atoms with Gasteiger partial charge in [-0.1, -0.05) is 91.0 Å². The van der Waals surface area contributed by atoms with Crippen LogP contribution in [0, 0.1) is 6.92 Å². The molecule has 0 heterocycles. The zero-order chi connectivity index (χ0) is 28.7. The van der Waals surface area contributed by atoms with Crippen LogP contribution in [0.5, 0.6) is 0 Å². The number of aryl methyl sites for hydroxylation is 1. The largest absolute Gasteiger partial charge is 0.352 e. The fourth-order valence-corrected chi connectivity index (χ4v) is 6.66. The number of rotatable bonds is 10. The number of carbonyl (C=O) groups excluding carboxylic acids is 2. The summed E-state index contributed by atoms with van der Waals surface area (Å²) >= 11 is 6.46. The summed E-state index contributed by atoms with van der Waals surface area (Å²) in [4.78, 5) is 28.9. The number of benzene rings is 3.